The number of aliphatic hydroxyl groups excluding tert-OH is 1. The van der Waals surface area contributed by atoms with E-state index >= 15 is 0 Å². The predicted octanol–water partition coefficient (Wildman–Crippen LogP) is -1.27. The molecule has 1 aromatic rings. The van der Waals surface area contributed by atoms with Crippen LogP contribution < -0.4 is 11.2 Å². The largest absolute Gasteiger partial charge is 0.490 e. The van der Waals surface area contributed by atoms with E-state index in [0.717, 1.165) is 12.3 Å². The summed E-state index contributed by atoms with van der Waals surface area (Å²) in [5.74, 6) is 0.606. The zero-order valence-electron chi connectivity index (χ0n) is 15.5. The van der Waals surface area contributed by atoms with Crippen LogP contribution >= 0.6 is 23.5 Å². The van der Waals surface area contributed by atoms with Crippen LogP contribution in [0.4, 0.5) is 4.39 Å². The van der Waals surface area contributed by atoms with E-state index in [2.05, 4.69) is 19.1 Å². The van der Waals surface area contributed by atoms with Gasteiger partial charge in [-0.05, 0) is 0 Å². The fourth-order valence-electron chi connectivity index (χ4n) is 2.66. The number of nitrogens with one attached hydrogen (secondary N) is 1. The molecule has 180 valence electrons. The number of H-pyrrole nitrogens is 1. The number of aliphatic hydroxyl groups is 1. The smallest absolute Gasteiger partial charge is 0.388 e. The molecule has 16 nitrogen and oxygen atoms in total. The van der Waals surface area contributed by atoms with Gasteiger partial charge in [0.1, 0.15) is 18.4 Å². The van der Waals surface area contributed by atoms with Crippen molar-refractivity contribution in [3.8, 4) is 12.3 Å². The van der Waals surface area contributed by atoms with Gasteiger partial charge >= 0.3 is 29.2 Å². The summed E-state index contributed by atoms with van der Waals surface area (Å²) in [6.45, 7) is -2.99. The molecule has 32 heavy (non-hydrogen) atoms. The Kier molecular flexibility index (Phi) is 7.85. The molecule has 1 aromatic heterocycles. The maximum absolute atomic E-state index is 13.9. The van der Waals surface area contributed by atoms with Crippen LogP contribution in [0.15, 0.2) is 21.9 Å². The molecular formula is C12H16FN2O14P3. The average Bonchev–Trinajstić information content (AvgIpc) is 2.89. The topological polar surface area (TPSA) is 244 Å². The first-order valence-electron chi connectivity index (χ1n) is 8.02. The molecule has 1 fully saturated rings. The fourth-order valence-corrected chi connectivity index (χ4v) is 5.74. The van der Waals surface area contributed by atoms with Crippen LogP contribution in [0.3, 0.4) is 0 Å². The lowest BCUT2D eigenvalue weighted by Crippen LogP contribution is -2.47. The Morgan fingerprint density at radius 3 is 2.34 bits per heavy atom. The standard InChI is InChI=1S/C12H16FN2O14P3/c1-2-7-9(17)12(5-13,27-10(7)15-4-3-8(16)14-11(15)18)6-26-31(22,23)29-32(24,25)28-30(19,20)21/h1,3-4,7,9-10,17H,5-6H2,(H,22,23)(H,24,25)(H,14,16,18)(H2,19,20,21)/t7?,9-,10+,12+/m0/s1. The summed E-state index contributed by atoms with van der Waals surface area (Å²) in [7, 11) is -17.2. The van der Waals surface area contributed by atoms with Crippen molar-refractivity contribution in [3.05, 3.63) is 33.1 Å². The molecule has 0 saturated carbocycles. The average molecular weight is 524 g/mol. The second-order valence-electron chi connectivity index (χ2n) is 6.23. The second kappa shape index (κ2) is 9.40. The lowest BCUT2D eigenvalue weighted by Gasteiger charge is -2.29. The summed E-state index contributed by atoms with van der Waals surface area (Å²) in [6, 6.07) is 0.895. The summed E-state index contributed by atoms with van der Waals surface area (Å²) < 4.78 is 65.1. The van der Waals surface area contributed by atoms with Gasteiger partial charge in [-0.15, -0.1) is 6.42 Å². The third kappa shape index (κ3) is 6.30. The maximum Gasteiger partial charge on any atom is 0.490 e. The highest BCUT2D eigenvalue weighted by molar-refractivity contribution is 7.66. The number of hydrogen-bond donors (Lipinski definition) is 6. The van der Waals surface area contributed by atoms with Gasteiger partial charge in [0, 0.05) is 12.3 Å². The molecule has 0 spiro atoms. The molecule has 6 N–H and O–H groups in total. The van der Waals surface area contributed by atoms with E-state index in [1.807, 2.05) is 4.98 Å². The molecule has 1 aliphatic heterocycles. The van der Waals surface area contributed by atoms with Gasteiger partial charge in [-0.2, -0.15) is 8.62 Å². The third-order valence-electron chi connectivity index (χ3n) is 3.97. The normalized spacial score (nSPS) is 29.7. The highest BCUT2D eigenvalue weighted by Crippen LogP contribution is 2.66. The number of aromatic nitrogens is 2. The van der Waals surface area contributed by atoms with Gasteiger partial charge in [0.15, 0.2) is 6.23 Å². The van der Waals surface area contributed by atoms with E-state index in [0.29, 0.717) is 4.57 Å². The molecule has 3 unspecified atom stereocenters. The summed E-state index contributed by atoms with van der Waals surface area (Å²) >= 11 is 0. The van der Waals surface area contributed by atoms with Crippen LogP contribution in [-0.4, -0.2) is 59.2 Å². The number of nitrogens with zero attached hydrogens (tertiary/aromatic N) is 1. The maximum atomic E-state index is 13.9. The van der Waals surface area contributed by atoms with Gasteiger partial charge in [0.05, 0.1) is 12.5 Å². The van der Waals surface area contributed by atoms with Crippen LogP contribution in [0.2, 0.25) is 0 Å². The molecule has 0 amide bonds. The zero-order chi connectivity index (χ0) is 24.5. The van der Waals surface area contributed by atoms with Gasteiger partial charge in [0.2, 0.25) is 0 Å². The molecule has 0 aromatic carbocycles. The lowest BCUT2D eigenvalue weighted by atomic mass is 9.91. The first kappa shape index (κ1) is 26.7. The van der Waals surface area contributed by atoms with Crippen LogP contribution in [-0.2, 0) is 31.6 Å². The molecule has 1 aliphatic rings. The van der Waals surface area contributed by atoms with E-state index in [1.54, 1.807) is 0 Å². The number of aromatic amines is 1. The van der Waals surface area contributed by atoms with Crippen molar-refractivity contribution < 1.29 is 60.6 Å². The molecule has 2 heterocycles. The minimum atomic E-state index is -5.84. The Morgan fingerprint density at radius 2 is 1.84 bits per heavy atom. The quantitative estimate of drug-likeness (QED) is 0.163. The molecule has 20 heteroatoms. The number of ether oxygens (including phenoxy) is 1. The van der Waals surface area contributed by atoms with Gasteiger partial charge in [0.25, 0.3) is 5.56 Å². The number of halogens is 1. The monoisotopic (exact) mass is 524 g/mol. The Labute approximate surface area is 177 Å². The summed E-state index contributed by atoms with van der Waals surface area (Å²) in [6.07, 6.45) is 2.67. The first-order chi connectivity index (χ1) is 14.5. The first-order valence-corrected chi connectivity index (χ1v) is 12.5. The van der Waals surface area contributed by atoms with Crippen LogP contribution in [0.5, 0.6) is 0 Å². The Bertz CT molecular complexity index is 1150. The molecule has 0 radical (unpaired) electrons. The lowest BCUT2D eigenvalue weighted by molar-refractivity contribution is -0.135. The van der Waals surface area contributed by atoms with E-state index in [9.17, 15) is 37.7 Å². The number of rotatable bonds is 9. The van der Waals surface area contributed by atoms with Gasteiger partial charge in [-0.3, -0.25) is 18.9 Å². The minimum Gasteiger partial charge on any atom is -0.388 e. The van der Waals surface area contributed by atoms with Gasteiger partial charge in [-0.25, -0.2) is 22.9 Å². The minimum absolute atomic E-state index is 0.706. The van der Waals surface area contributed by atoms with Crippen LogP contribution in [0.1, 0.15) is 6.23 Å². The molecule has 0 bridgehead atoms. The van der Waals surface area contributed by atoms with E-state index in [4.69, 9.17) is 25.8 Å². The summed E-state index contributed by atoms with van der Waals surface area (Å²) in [4.78, 5) is 60.7. The van der Waals surface area contributed by atoms with Gasteiger partial charge in [-0.1, -0.05) is 5.92 Å². The highest BCUT2D eigenvalue weighted by Gasteiger charge is 2.57. The number of phosphoric ester groups is 1. The molecular weight excluding hydrogens is 508 g/mol. The Balaban J connectivity index is 2.27. The summed E-state index contributed by atoms with van der Waals surface area (Å²) in [5, 5.41) is 10.4. The van der Waals surface area contributed by atoms with Crippen molar-refractivity contribution >= 4 is 23.5 Å². The van der Waals surface area contributed by atoms with Crippen molar-refractivity contribution in [1.82, 2.24) is 9.55 Å². The van der Waals surface area contributed by atoms with E-state index in [-0.39, 0.29) is 0 Å². The van der Waals surface area contributed by atoms with E-state index in [1.165, 1.54) is 0 Å². The highest BCUT2D eigenvalue weighted by atomic mass is 31.3. The SMILES string of the molecule is C#CC1[C@H](n2ccc(=O)[nH]c2=O)O[C@](CF)(COP(=O)(O)OP(=O)(O)OP(=O)(O)O)[C@H]1O. The van der Waals surface area contributed by atoms with E-state index < -0.39 is 71.8 Å². The molecule has 0 aliphatic carbocycles. The van der Waals surface area contributed by atoms with Crippen molar-refractivity contribution in [2.24, 2.45) is 5.92 Å². The van der Waals surface area contributed by atoms with Crippen molar-refractivity contribution in [2.75, 3.05) is 13.3 Å². The third-order valence-corrected chi connectivity index (χ3v) is 7.76. The Morgan fingerprint density at radius 1 is 1.22 bits per heavy atom. The number of alkyl halides is 1. The van der Waals surface area contributed by atoms with Crippen molar-refractivity contribution in [3.63, 3.8) is 0 Å². The molecule has 2 rings (SSSR count). The second-order valence-corrected chi connectivity index (χ2v) is 10.6. The van der Waals surface area contributed by atoms with Gasteiger partial charge < -0.3 is 29.4 Å². The van der Waals surface area contributed by atoms with Crippen LogP contribution in [0.25, 0.3) is 0 Å². The molecule has 6 atom stereocenters. The van der Waals surface area contributed by atoms with Crippen molar-refractivity contribution in [1.29, 1.82) is 0 Å². The van der Waals surface area contributed by atoms with Crippen LogP contribution in [0, 0.1) is 18.3 Å². The number of hydrogen-bond acceptors (Lipinski definition) is 10. The van der Waals surface area contributed by atoms with Crippen molar-refractivity contribution in [2.45, 2.75) is 17.9 Å². The fraction of sp³-hybridized carbons (Fsp3) is 0.500. The predicted molar refractivity (Wildman–Crippen MR) is 98.3 cm³/mol. The summed E-state index contributed by atoms with van der Waals surface area (Å²) in [5.41, 5.74) is -4.34. The zero-order valence-corrected chi connectivity index (χ0v) is 18.1. The number of terminal acetylenes is 1. The molecule has 1 saturated heterocycles. The Hall–Kier alpha value is -1.50. The number of phosphoric acid groups is 3.